The van der Waals surface area contributed by atoms with E-state index in [9.17, 15) is 9.59 Å². The number of benzene rings is 1. The van der Waals surface area contributed by atoms with E-state index in [0.29, 0.717) is 10.9 Å². The van der Waals surface area contributed by atoms with E-state index >= 15 is 0 Å². The lowest BCUT2D eigenvalue weighted by Crippen LogP contribution is -2.34. The predicted molar refractivity (Wildman–Crippen MR) is 88.2 cm³/mol. The Hall–Kier alpha value is -1.56. The first-order valence-corrected chi connectivity index (χ1v) is 8.06. The molecule has 122 valence electrons. The number of amides is 1. The van der Waals surface area contributed by atoms with Crippen molar-refractivity contribution in [2.45, 2.75) is 44.7 Å². The molecule has 0 saturated carbocycles. The third-order valence-corrected chi connectivity index (χ3v) is 3.52. The SMILES string of the molecule is COC(=O)c1ccc(C(C)NC(=O)OC(C)(C)C)cc1CBr. The standard InChI is InChI=1S/C16H22BrNO4/c1-10(18-15(20)22-16(2,3)4)11-6-7-13(14(19)21-5)12(8-11)9-17/h6-8,10H,9H2,1-5H3,(H,18,20). The number of hydrogen-bond donors (Lipinski definition) is 1. The van der Waals surface area contributed by atoms with Crippen molar-refractivity contribution in [3.05, 3.63) is 34.9 Å². The molecule has 0 spiro atoms. The van der Waals surface area contributed by atoms with Gasteiger partial charge in [-0.15, -0.1) is 0 Å². The van der Waals surface area contributed by atoms with E-state index in [1.807, 2.05) is 33.8 Å². The van der Waals surface area contributed by atoms with Gasteiger partial charge >= 0.3 is 12.1 Å². The zero-order valence-electron chi connectivity index (χ0n) is 13.5. The normalized spacial score (nSPS) is 12.5. The molecule has 0 heterocycles. The highest BCUT2D eigenvalue weighted by Crippen LogP contribution is 2.21. The number of rotatable bonds is 4. The molecule has 1 atom stereocenters. The van der Waals surface area contributed by atoms with Crippen LogP contribution < -0.4 is 5.32 Å². The summed E-state index contributed by atoms with van der Waals surface area (Å²) in [7, 11) is 1.35. The molecule has 5 nitrogen and oxygen atoms in total. The fourth-order valence-corrected chi connectivity index (χ4v) is 2.33. The Labute approximate surface area is 139 Å². The van der Waals surface area contributed by atoms with Gasteiger partial charge in [-0.2, -0.15) is 0 Å². The summed E-state index contributed by atoms with van der Waals surface area (Å²) in [5.74, 6) is -0.381. The van der Waals surface area contributed by atoms with Crippen molar-refractivity contribution in [3.63, 3.8) is 0 Å². The second kappa shape index (κ2) is 7.63. The Morgan fingerprint density at radius 2 is 1.95 bits per heavy atom. The van der Waals surface area contributed by atoms with Crippen molar-refractivity contribution in [2.75, 3.05) is 7.11 Å². The smallest absolute Gasteiger partial charge is 0.408 e. The summed E-state index contributed by atoms with van der Waals surface area (Å²) in [4.78, 5) is 23.5. The van der Waals surface area contributed by atoms with E-state index < -0.39 is 11.7 Å². The molecule has 1 amide bonds. The molecule has 22 heavy (non-hydrogen) atoms. The quantitative estimate of drug-likeness (QED) is 0.642. The number of carbonyl (C=O) groups excluding carboxylic acids is 2. The molecule has 0 bridgehead atoms. The van der Waals surface area contributed by atoms with E-state index in [-0.39, 0.29) is 12.0 Å². The number of alkyl halides is 1. The average molecular weight is 372 g/mol. The molecule has 0 aromatic heterocycles. The lowest BCUT2D eigenvalue weighted by molar-refractivity contribution is 0.0506. The van der Waals surface area contributed by atoms with Crippen molar-refractivity contribution < 1.29 is 19.1 Å². The summed E-state index contributed by atoms with van der Waals surface area (Å²) in [5, 5.41) is 3.29. The first-order valence-electron chi connectivity index (χ1n) is 6.94. The molecule has 0 fully saturated rings. The molecule has 0 saturated heterocycles. The topological polar surface area (TPSA) is 64.6 Å². The zero-order chi connectivity index (χ0) is 16.9. The maximum absolute atomic E-state index is 11.8. The molecule has 0 aliphatic carbocycles. The number of methoxy groups -OCH3 is 1. The maximum Gasteiger partial charge on any atom is 0.408 e. The molecule has 1 N–H and O–H groups in total. The van der Waals surface area contributed by atoms with Crippen LogP contribution in [0.4, 0.5) is 4.79 Å². The summed E-state index contributed by atoms with van der Waals surface area (Å²) < 4.78 is 9.98. The van der Waals surface area contributed by atoms with Crippen molar-refractivity contribution in [3.8, 4) is 0 Å². The number of ether oxygens (including phenoxy) is 2. The van der Waals surface area contributed by atoms with E-state index in [0.717, 1.165) is 11.1 Å². The van der Waals surface area contributed by atoms with Gasteiger partial charge in [-0.25, -0.2) is 9.59 Å². The van der Waals surface area contributed by atoms with Gasteiger partial charge in [-0.3, -0.25) is 0 Å². The largest absolute Gasteiger partial charge is 0.465 e. The molecule has 0 aliphatic heterocycles. The van der Waals surface area contributed by atoms with Gasteiger partial charge in [0.05, 0.1) is 18.7 Å². The Bertz CT molecular complexity index is 552. The summed E-state index contributed by atoms with van der Waals surface area (Å²) >= 11 is 3.36. The Morgan fingerprint density at radius 3 is 2.45 bits per heavy atom. The van der Waals surface area contributed by atoms with Crippen LogP contribution in [-0.4, -0.2) is 24.8 Å². The fraction of sp³-hybridized carbons (Fsp3) is 0.500. The summed E-state index contributed by atoms with van der Waals surface area (Å²) in [6.07, 6.45) is -0.475. The molecule has 0 radical (unpaired) electrons. The summed E-state index contributed by atoms with van der Waals surface area (Å²) in [6, 6.07) is 5.12. The van der Waals surface area contributed by atoms with Gasteiger partial charge in [0.1, 0.15) is 5.60 Å². The van der Waals surface area contributed by atoms with Crippen molar-refractivity contribution in [1.29, 1.82) is 0 Å². The highest BCUT2D eigenvalue weighted by atomic mass is 79.9. The van der Waals surface area contributed by atoms with Crippen LogP contribution in [0.1, 0.15) is 55.2 Å². The van der Waals surface area contributed by atoms with Crippen LogP contribution in [0.25, 0.3) is 0 Å². The maximum atomic E-state index is 11.8. The molecular formula is C16H22BrNO4. The molecular weight excluding hydrogens is 350 g/mol. The minimum absolute atomic E-state index is 0.237. The van der Waals surface area contributed by atoms with E-state index in [1.54, 1.807) is 12.1 Å². The van der Waals surface area contributed by atoms with Gasteiger partial charge in [-0.1, -0.05) is 28.1 Å². The lowest BCUT2D eigenvalue weighted by atomic mass is 10.0. The first kappa shape index (κ1) is 18.5. The van der Waals surface area contributed by atoms with Crippen LogP contribution in [0, 0.1) is 0 Å². The van der Waals surface area contributed by atoms with Crippen LogP contribution >= 0.6 is 15.9 Å². The monoisotopic (exact) mass is 371 g/mol. The van der Waals surface area contributed by atoms with Crippen molar-refractivity contribution >= 4 is 28.0 Å². The number of hydrogen-bond acceptors (Lipinski definition) is 4. The van der Waals surface area contributed by atoms with E-state index in [1.165, 1.54) is 7.11 Å². The van der Waals surface area contributed by atoms with E-state index in [4.69, 9.17) is 9.47 Å². The minimum Gasteiger partial charge on any atom is -0.465 e. The third-order valence-electron chi connectivity index (χ3n) is 2.91. The van der Waals surface area contributed by atoms with E-state index in [2.05, 4.69) is 21.2 Å². The molecule has 6 heteroatoms. The van der Waals surface area contributed by atoms with Gasteiger partial charge in [0.15, 0.2) is 0 Å². The number of esters is 1. The van der Waals surface area contributed by atoms with Gasteiger partial charge in [-0.05, 0) is 44.9 Å². The third kappa shape index (κ3) is 5.33. The van der Waals surface area contributed by atoms with Gasteiger partial charge in [0, 0.05) is 5.33 Å². The highest BCUT2D eigenvalue weighted by molar-refractivity contribution is 9.08. The summed E-state index contributed by atoms with van der Waals surface area (Å²) in [6.45, 7) is 7.29. The predicted octanol–water partition coefficient (Wildman–Crippen LogP) is 3.95. The Balaban J connectivity index is 2.88. The Morgan fingerprint density at radius 1 is 1.32 bits per heavy atom. The molecule has 1 unspecified atom stereocenters. The van der Waals surface area contributed by atoms with Crippen molar-refractivity contribution in [2.24, 2.45) is 0 Å². The lowest BCUT2D eigenvalue weighted by Gasteiger charge is -2.22. The number of carbonyl (C=O) groups is 2. The zero-order valence-corrected chi connectivity index (χ0v) is 15.1. The van der Waals surface area contributed by atoms with Crippen molar-refractivity contribution in [1.82, 2.24) is 5.32 Å². The Kier molecular flexibility index (Phi) is 6.41. The molecule has 0 aliphatic rings. The van der Waals surface area contributed by atoms with Crippen LogP contribution in [0.3, 0.4) is 0 Å². The molecule has 1 rings (SSSR count). The number of halogens is 1. The van der Waals surface area contributed by atoms with Crippen LogP contribution in [0.2, 0.25) is 0 Å². The average Bonchev–Trinajstić information content (AvgIpc) is 2.43. The van der Waals surface area contributed by atoms with Gasteiger partial charge < -0.3 is 14.8 Å². The van der Waals surface area contributed by atoms with Crippen LogP contribution in [-0.2, 0) is 14.8 Å². The second-order valence-corrected chi connectivity index (χ2v) is 6.47. The fourth-order valence-electron chi connectivity index (χ4n) is 1.87. The van der Waals surface area contributed by atoms with Gasteiger partial charge in [0.2, 0.25) is 0 Å². The second-order valence-electron chi connectivity index (χ2n) is 5.91. The number of alkyl carbamates (subject to hydrolysis) is 1. The highest BCUT2D eigenvalue weighted by Gasteiger charge is 2.19. The van der Waals surface area contributed by atoms with Crippen LogP contribution in [0.5, 0.6) is 0 Å². The van der Waals surface area contributed by atoms with Gasteiger partial charge in [0.25, 0.3) is 0 Å². The molecule has 1 aromatic rings. The number of nitrogens with one attached hydrogen (secondary N) is 1. The van der Waals surface area contributed by atoms with Crippen LogP contribution in [0.15, 0.2) is 18.2 Å². The molecule has 1 aromatic carbocycles. The first-order chi connectivity index (χ1) is 10.2. The summed E-state index contributed by atoms with van der Waals surface area (Å²) in [5.41, 5.74) is 1.65. The minimum atomic E-state index is -0.542.